The highest BCUT2D eigenvalue weighted by molar-refractivity contribution is 7.17. The Kier molecular flexibility index (Phi) is 3.48. The van der Waals surface area contributed by atoms with Crippen molar-refractivity contribution < 1.29 is 4.74 Å². The molecule has 0 unspecified atom stereocenters. The third-order valence-electron chi connectivity index (χ3n) is 2.76. The average Bonchev–Trinajstić information content (AvgIpc) is 2.70. The van der Waals surface area contributed by atoms with Crippen LogP contribution in [0.4, 0.5) is 0 Å². The van der Waals surface area contributed by atoms with Gasteiger partial charge < -0.3 is 4.74 Å². The predicted octanol–water partition coefficient (Wildman–Crippen LogP) is 4.25. The van der Waals surface area contributed by atoms with Crippen LogP contribution in [-0.2, 0) is 0 Å². The third-order valence-corrected chi connectivity index (χ3v) is 3.93. The first kappa shape index (κ1) is 12.1. The van der Waals surface area contributed by atoms with Gasteiger partial charge in [0, 0.05) is 5.56 Å². The van der Waals surface area contributed by atoms with E-state index in [-0.39, 0.29) is 0 Å². The first-order valence-electron chi connectivity index (χ1n) is 5.73. The second-order valence-electron chi connectivity index (χ2n) is 4.37. The lowest BCUT2D eigenvalue weighted by atomic mass is 10.0. The highest BCUT2D eigenvalue weighted by Gasteiger charge is 2.09. The molecule has 2 rings (SSSR count). The van der Waals surface area contributed by atoms with Gasteiger partial charge in [0.2, 0.25) is 0 Å². The molecule has 2 aromatic rings. The van der Waals surface area contributed by atoms with Crippen LogP contribution in [0.15, 0.2) is 24.3 Å². The fourth-order valence-electron chi connectivity index (χ4n) is 1.71. The van der Waals surface area contributed by atoms with Crippen molar-refractivity contribution in [3.8, 4) is 15.6 Å². The molecule has 0 spiro atoms. The first-order chi connectivity index (χ1) is 8.11. The number of benzene rings is 1. The number of rotatable bonds is 3. The highest BCUT2D eigenvalue weighted by atomic mass is 32.1. The zero-order chi connectivity index (χ0) is 12.4. The second-order valence-corrected chi connectivity index (χ2v) is 5.33. The Labute approximate surface area is 106 Å². The van der Waals surface area contributed by atoms with Crippen LogP contribution in [0.25, 0.3) is 10.6 Å². The van der Waals surface area contributed by atoms with E-state index in [0.717, 1.165) is 21.3 Å². The summed E-state index contributed by atoms with van der Waals surface area (Å²) < 4.78 is 5.27. The first-order valence-corrected chi connectivity index (χ1v) is 6.55. The Hall–Kier alpha value is -1.35. The summed E-state index contributed by atoms with van der Waals surface area (Å²) in [4.78, 5) is 4.52. The van der Waals surface area contributed by atoms with Crippen LogP contribution in [0.1, 0.15) is 31.0 Å². The molecule has 0 radical (unpaired) electrons. The molecule has 1 aromatic carbocycles. The van der Waals surface area contributed by atoms with Crippen molar-refractivity contribution in [2.45, 2.75) is 26.7 Å². The van der Waals surface area contributed by atoms with Gasteiger partial charge in [-0.1, -0.05) is 49.4 Å². The molecule has 0 aliphatic heterocycles. The molecule has 0 N–H and O–H groups in total. The largest absolute Gasteiger partial charge is 0.486 e. The predicted molar refractivity (Wildman–Crippen MR) is 72.9 cm³/mol. The summed E-state index contributed by atoms with van der Waals surface area (Å²) in [5, 5.41) is 1.92. The maximum absolute atomic E-state index is 5.27. The fraction of sp³-hybridized carbons (Fsp3) is 0.357. The normalized spacial score (nSPS) is 10.9. The number of aryl methyl sites for hydroxylation is 1. The van der Waals surface area contributed by atoms with E-state index >= 15 is 0 Å². The second kappa shape index (κ2) is 4.88. The van der Waals surface area contributed by atoms with Crippen molar-refractivity contribution in [3.05, 3.63) is 35.5 Å². The lowest BCUT2D eigenvalue weighted by Crippen LogP contribution is -1.86. The van der Waals surface area contributed by atoms with E-state index in [9.17, 15) is 0 Å². The minimum atomic E-state index is 0.566. The lowest BCUT2D eigenvalue weighted by Gasteiger charge is -2.05. The van der Waals surface area contributed by atoms with Crippen molar-refractivity contribution >= 4 is 11.3 Å². The Balaban J connectivity index is 2.33. The van der Waals surface area contributed by atoms with Gasteiger partial charge in [-0.15, -0.1) is 0 Å². The Bertz CT molecular complexity index is 499. The molecule has 0 atom stereocenters. The zero-order valence-electron chi connectivity index (χ0n) is 10.7. The van der Waals surface area contributed by atoms with Crippen LogP contribution in [0.3, 0.4) is 0 Å². The molecule has 0 bridgehead atoms. The van der Waals surface area contributed by atoms with Crippen LogP contribution < -0.4 is 4.74 Å². The number of hydrogen-bond acceptors (Lipinski definition) is 3. The minimum absolute atomic E-state index is 0.566. The van der Waals surface area contributed by atoms with Crippen LogP contribution in [0, 0.1) is 6.92 Å². The molecular formula is C14H17NOS. The smallest absolute Gasteiger partial charge is 0.197 e. The summed E-state index contributed by atoms with van der Waals surface area (Å²) in [5.41, 5.74) is 3.47. The quantitative estimate of drug-likeness (QED) is 0.809. The van der Waals surface area contributed by atoms with Gasteiger partial charge in [-0.05, 0) is 18.4 Å². The van der Waals surface area contributed by atoms with Gasteiger partial charge in [0.15, 0.2) is 5.06 Å². The number of methoxy groups -OCH3 is 1. The number of nitrogens with zero attached hydrogens (tertiary/aromatic N) is 1. The summed E-state index contributed by atoms with van der Waals surface area (Å²) in [6, 6.07) is 8.60. The third kappa shape index (κ3) is 2.50. The van der Waals surface area contributed by atoms with E-state index in [1.165, 1.54) is 5.56 Å². The lowest BCUT2D eigenvalue weighted by molar-refractivity contribution is 0.423. The summed E-state index contributed by atoms with van der Waals surface area (Å²) in [5.74, 6) is 0.566. The number of aromatic nitrogens is 1. The van der Waals surface area contributed by atoms with E-state index in [0.29, 0.717) is 5.92 Å². The van der Waals surface area contributed by atoms with E-state index < -0.39 is 0 Å². The summed E-state index contributed by atoms with van der Waals surface area (Å²) in [6.07, 6.45) is 0. The van der Waals surface area contributed by atoms with Crippen LogP contribution in [-0.4, -0.2) is 12.1 Å². The fourth-order valence-corrected chi connectivity index (χ4v) is 2.59. The molecule has 0 fully saturated rings. The van der Waals surface area contributed by atoms with E-state index in [1.54, 1.807) is 18.4 Å². The molecule has 0 aliphatic rings. The summed E-state index contributed by atoms with van der Waals surface area (Å²) >= 11 is 1.59. The number of thiazole rings is 1. The molecular weight excluding hydrogens is 230 g/mol. The average molecular weight is 247 g/mol. The van der Waals surface area contributed by atoms with Gasteiger partial charge >= 0.3 is 0 Å². The Morgan fingerprint density at radius 2 is 1.82 bits per heavy atom. The molecule has 90 valence electrons. The summed E-state index contributed by atoms with van der Waals surface area (Å²) in [7, 11) is 1.69. The molecule has 1 aromatic heterocycles. The van der Waals surface area contributed by atoms with E-state index in [4.69, 9.17) is 4.74 Å². The number of hydrogen-bond donors (Lipinski definition) is 0. The van der Waals surface area contributed by atoms with Gasteiger partial charge in [-0.2, -0.15) is 0 Å². The molecule has 17 heavy (non-hydrogen) atoms. The van der Waals surface area contributed by atoms with Crippen molar-refractivity contribution in [1.82, 2.24) is 4.98 Å². The van der Waals surface area contributed by atoms with Gasteiger partial charge in [-0.25, -0.2) is 4.98 Å². The minimum Gasteiger partial charge on any atom is -0.486 e. The molecule has 0 saturated carbocycles. The standard InChI is InChI=1S/C14H17NOS/c1-9(2)11-5-7-12(8-6-11)13-15-10(3)14(16-4)17-13/h5-9H,1-4H3. The van der Waals surface area contributed by atoms with E-state index in [2.05, 4.69) is 43.1 Å². The van der Waals surface area contributed by atoms with Crippen LogP contribution in [0.2, 0.25) is 0 Å². The molecule has 0 amide bonds. The zero-order valence-corrected chi connectivity index (χ0v) is 11.5. The molecule has 0 aliphatic carbocycles. The van der Waals surface area contributed by atoms with Gasteiger partial charge in [0.05, 0.1) is 12.8 Å². The Morgan fingerprint density at radius 3 is 2.29 bits per heavy atom. The molecule has 0 saturated heterocycles. The highest BCUT2D eigenvalue weighted by Crippen LogP contribution is 2.33. The maximum Gasteiger partial charge on any atom is 0.197 e. The van der Waals surface area contributed by atoms with Crippen molar-refractivity contribution in [3.63, 3.8) is 0 Å². The van der Waals surface area contributed by atoms with Crippen LogP contribution >= 0.6 is 11.3 Å². The topological polar surface area (TPSA) is 22.1 Å². The van der Waals surface area contributed by atoms with Crippen molar-refractivity contribution in [2.75, 3.05) is 7.11 Å². The van der Waals surface area contributed by atoms with Crippen molar-refractivity contribution in [1.29, 1.82) is 0 Å². The van der Waals surface area contributed by atoms with Gasteiger partial charge in [0.25, 0.3) is 0 Å². The van der Waals surface area contributed by atoms with Crippen LogP contribution in [0.5, 0.6) is 5.06 Å². The summed E-state index contributed by atoms with van der Waals surface area (Å²) in [6.45, 7) is 6.37. The van der Waals surface area contributed by atoms with Gasteiger partial charge in [0.1, 0.15) is 5.01 Å². The molecule has 1 heterocycles. The SMILES string of the molecule is COc1sc(-c2ccc(C(C)C)cc2)nc1C. The van der Waals surface area contributed by atoms with E-state index in [1.807, 2.05) is 6.92 Å². The Morgan fingerprint density at radius 1 is 1.18 bits per heavy atom. The van der Waals surface area contributed by atoms with Gasteiger partial charge in [-0.3, -0.25) is 0 Å². The maximum atomic E-state index is 5.27. The molecule has 2 nitrogen and oxygen atoms in total. The monoisotopic (exact) mass is 247 g/mol. The molecule has 3 heteroatoms. The van der Waals surface area contributed by atoms with Crippen molar-refractivity contribution in [2.24, 2.45) is 0 Å². The number of ether oxygens (including phenoxy) is 1.